The van der Waals surface area contributed by atoms with Crippen LogP contribution in [0.5, 0.6) is 11.5 Å². The lowest BCUT2D eigenvalue weighted by molar-refractivity contribution is -0.384. The van der Waals surface area contributed by atoms with Gasteiger partial charge in [-0.05, 0) is 34.1 Å². The molecule has 0 unspecified atom stereocenters. The van der Waals surface area contributed by atoms with Crippen molar-refractivity contribution in [3.63, 3.8) is 0 Å². The Morgan fingerprint density at radius 1 is 1.21 bits per heavy atom. The van der Waals surface area contributed by atoms with E-state index < -0.39 is 10.7 Å². The van der Waals surface area contributed by atoms with Gasteiger partial charge in [-0.2, -0.15) is 0 Å². The van der Waals surface area contributed by atoms with Crippen molar-refractivity contribution in [1.82, 2.24) is 0 Å². The molecule has 0 aromatic heterocycles. The molecule has 0 heterocycles. The third kappa shape index (κ3) is 3.21. The lowest BCUT2D eigenvalue weighted by atomic mass is 10.3. The maximum Gasteiger partial charge on any atom is 0.271 e. The predicted octanol–water partition coefficient (Wildman–Crippen LogP) is 4.94. The topological polar surface area (TPSA) is 52.4 Å². The number of nitro benzene ring substituents is 1. The number of benzene rings is 2. The number of hydrogen-bond donors (Lipinski definition) is 0. The fourth-order valence-corrected chi connectivity index (χ4v) is 1.90. The van der Waals surface area contributed by atoms with Gasteiger partial charge in [-0.25, -0.2) is 4.39 Å². The Morgan fingerprint density at radius 2 is 1.95 bits per heavy atom. The van der Waals surface area contributed by atoms with Gasteiger partial charge in [0, 0.05) is 18.2 Å². The van der Waals surface area contributed by atoms with Crippen LogP contribution in [0.1, 0.15) is 0 Å². The summed E-state index contributed by atoms with van der Waals surface area (Å²) in [6.07, 6.45) is 0. The van der Waals surface area contributed by atoms with Crippen LogP contribution in [0, 0.1) is 15.9 Å². The molecule has 2 aromatic rings. The van der Waals surface area contributed by atoms with E-state index in [0.29, 0.717) is 4.47 Å². The molecule has 19 heavy (non-hydrogen) atoms. The van der Waals surface area contributed by atoms with E-state index in [1.807, 2.05) is 0 Å². The zero-order valence-corrected chi connectivity index (χ0v) is 11.6. The SMILES string of the molecule is O=[N+]([O-])c1ccc(Oc2cc(F)ccc2Br)c(Cl)c1. The highest BCUT2D eigenvalue weighted by molar-refractivity contribution is 9.10. The van der Waals surface area contributed by atoms with Gasteiger partial charge in [0.15, 0.2) is 0 Å². The molecule has 0 aliphatic heterocycles. The summed E-state index contributed by atoms with van der Waals surface area (Å²) in [5.41, 5.74) is -0.143. The minimum absolute atomic E-state index is 0.0744. The van der Waals surface area contributed by atoms with Crippen LogP contribution >= 0.6 is 27.5 Å². The molecule has 98 valence electrons. The van der Waals surface area contributed by atoms with Crippen molar-refractivity contribution in [2.45, 2.75) is 0 Å². The van der Waals surface area contributed by atoms with Crippen LogP contribution < -0.4 is 4.74 Å². The molecule has 0 aliphatic carbocycles. The molecule has 4 nitrogen and oxygen atoms in total. The quantitative estimate of drug-likeness (QED) is 0.584. The standard InChI is InChI=1S/C12H6BrClFNO3/c13-9-3-1-7(15)5-12(9)19-11-4-2-8(16(17)18)6-10(11)14/h1-6H. The van der Waals surface area contributed by atoms with Gasteiger partial charge >= 0.3 is 0 Å². The number of non-ortho nitro benzene ring substituents is 1. The molecule has 0 radical (unpaired) electrons. The van der Waals surface area contributed by atoms with Crippen molar-refractivity contribution >= 4 is 33.2 Å². The van der Waals surface area contributed by atoms with Crippen molar-refractivity contribution < 1.29 is 14.1 Å². The van der Waals surface area contributed by atoms with Crippen LogP contribution in [0.2, 0.25) is 5.02 Å². The van der Waals surface area contributed by atoms with Crippen LogP contribution in [0.3, 0.4) is 0 Å². The number of halogens is 3. The third-order valence-corrected chi connectivity index (χ3v) is 3.19. The van der Waals surface area contributed by atoms with E-state index >= 15 is 0 Å². The Labute approximate surface area is 121 Å². The van der Waals surface area contributed by atoms with Crippen molar-refractivity contribution in [2.75, 3.05) is 0 Å². The first kappa shape index (κ1) is 13.8. The molecule has 7 heteroatoms. The van der Waals surface area contributed by atoms with Crippen molar-refractivity contribution in [1.29, 1.82) is 0 Å². The lowest BCUT2D eigenvalue weighted by Crippen LogP contribution is -1.91. The molecule has 0 saturated carbocycles. The van der Waals surface area contributed by atoms with E-state index in [-0.39, 0.29) is 22.2 Å². The minimum atomic E-state index is -0.562. The summed E-state index contributed by atoms with van der Waals surface area (Å²) >= 11 is 9.08. The van der Waals surface area contributed by atoms with Crippen molar-refractivity contribution in [2.24, 2.45) is 0 Å². The smallest absolute Gasteiger partial charge is 0.271 e. The van der Waals surface area contributed by atoms with E-state index in [1.54, 1.807) is 0 Å². The Kier molecular flexibility index (Phi) is 4.01. The Morgan fingerprint density at radius 3 is 2.58 bits per heavy atom. The monoisotopic (exact) mass is 345 g/mol. The summed E-state index contributed by atoms with van der Waals surface area (Å²) < 4.78 is 19.1. The molecule has 0 saturated heterocycles. The third-order valence-electron chi connectivity index (χ3n) is 2.24. The second-order valence-electron chi connectivity index (χ2n) is 3.55. The highest BCUT2D eigenvalue weighted by atomic mass is 79.9. The normalized spacial score (nSPS) is 10.3. The Balaban J connectivity index is 2.33. The summed E-state index contributed by atoms with van der Waals surface area (Å²) in [6, 6.07) is 7.73. The van der Waals surface area contributed by atoms with E-state index in [9.17, 15) is 14.5 Å². The molecule has 0 bridgehead atoms. The van der Waals surface area contributed by atoms with Gasteiger partial charge in [-0.1, -0.05) is 11.6 Å². The molecule has 2 rings (SSSR count). The van der Waals surface area contributed by atoms with Crippen LogP contribution in [-0.4, -0.2) is 4.92 Å². The van der Waals surface area contributed by atoms with Crippen LogP contribution in [-0.2, 0) is 0 Å². The first-order valence-corrected chi connectivity index (χ1v) is 6.21. The van der Waals surface area contributed by atoms with Gasteiger partial charge in [-0.15, -0.1) is 0 Å². The first-order valence-electron chi connectivity index (χ1n) is 5.04. The summed E-state index contributed by atoms with van der Waals surface area (Å²) in [6.45, 7) is 0. The van der Waals surface area contributed by atoms with Gasteiger partial charge in [0.05, 0.1) is 14.4 Å². The number of ether oxygens (including phenoxy) is 1. The summed E-state index contributed by atoms with van der Waals surface area (Å²) in [5.74, 6) is -0.0226. The highest BCUT2D eigenvalue weighted by Crippen LogP contribution is 2.35. The number of nitro groups is 1. The second-order valence-corrected chi connectivity index (χ2v) is 4.81. The molecule has 0 fully saturated rings. The van der Waals surface area contributed by atoms with E-state index in [2.05, 4.69) is 15.9 Å². The highest BCUT2D eigenvalue weighted by Gasteiger charge is 2.12. The average molecular weight is 347 g/mol. The van der Waals surface area contributed by atoms with Gasteiger partial charge in [-0.3, -0.25) is 10.1 Å². The zero-order chi connectivity index (χ0) is 14.0. The lowest BCUT2D eigenvalue weighted by Gasteiger charge is -2.09. The second kappa shape index (κ2) is 5.54. The Hall–Kier alpha value is -1.66. The molecule has 0 spiro atoms. The van der Waals surface area contributed by atoms with Gasteiger partial charge < -0.3 is 4.74 Å². The number of hydrogen-bond acceptors (Lipinski definition) is 3. The van der Waals surface area contributed by atoms with Gasteiger partial charge in [0.2, 0.25) is 0 Å². The molecule has 0 N–H and O–H groups in total. The largest absolute Gasteiger partial charge is 0.454 e. The van der Waals surface area contributed by atoms with Crippen LogP contribution in [0.4, 0.5) is 10.1 Å². The predicted molar refractivity (Wildman–Crippen MR) is 72.3 cm³/mol. The van der Waals surface area contributed by atoms with E-state index in [4.69, 9.17) is 16.3 Å². The summed E-state index contributed by atoms with van der Waals surface area (Å²) in [7, 11) is 0. The fraction of sp³-hybridized carbons (Fsp3) is 0. The molecule has 2 aromatic carbocycles. The first-order chi connectivity index (χ1) is 8.97. The van der Waals surface area contributed by atoms with Gasteiger partial charge in [0.25, 0.3) is 5.69 Å². The summed E-state index contributed by atoms with van der Waals surface area (Å²) in [4.78, 5) is 10.0. The fourth-order valence-electron chi connectivity index (χ4n) is 1.36. The van der Waals surface area contributed by atoms with Crippen molar-refractivity contribution in [3.05, 3.63) is 61.8 Å². The number of nitrogens with zero attached hydrogens (tertiary/aromatic N) is 1. The van der Waals surface area contributed by atoms with Crippen LogP contribution in [0.25, 0.3) is 0 Å². The molecule has 0 atom stereocenters. The molecular weight excluding hydrogens is 340 g/mol. The Bertz CT molecular complexity index is 651. The maximum absolute atomic E-state index is 13.1. The zero-order valence-electron chi connectivity index (χ0n) is 9.27. The van der Waals surface area contributed by atoms with E-state index in [1.165, 1.54) is 36.4 Å². The summed E-state index contributed by atoms with van der Waals surface area (Å²) in [5, 5.41) is 10.6. The number of rotatable bonds is 3. The van der Waals surface area contributed by atoms with E-state index in [0.717, 1.165) is 0 Å². The van der Waals surface area contributed by atoms with Gasteiger partial charge in [0.1, 0.15) is 17.3 Å². The van der Waals surface area contributed by atoms with Crippen LogP contribution in [0.15, 0.2) is 40.9 Å². The average Bonchev–Trinajstić information content (AvgIpc) is 2.36. The van der Waals surface area contributed by atoms with Crippen molar-refractivity contribution in [3.8, 4) is 11.5 Å². The maximum atomic E-state index is 13.1. The molecule has 0 aliphatic rings. The molecule has 0 amide bonds. The molecular formula is C12H6BrClFNO3. The minimum Gasteiger partial charge on any atom is -0.454 e.